The summed E-state index contributed by atoms with van der Waals surface area (Å²) in [5, 5.41) is 4.23. The summed E-state index contributed by atoms with van der Waals surface area (Å²) in [5.41, 5.74) is 1.72. The number of nitrogens with zero attached hydrogens (tertiary/aromatic N) is 3. The molecule has 126 valence electrons. The third-order valence-electron chi connectivity index (χ3n) is 4.19. The number of likely N-dealkylation sites (tertiary alicyclic amines) is 1. The van der Waals surface area contributed by atoms with Gasteiger partial charge in [-0.25, -0.2) is 4.68 Å². The van der Waals surface area contributed by atoms with Gasteiger partial charge in [-0.15, -0.1) is 0 Å². The quantitative estimate of drug-likeness (QED) is 0.833. The molecular formula is C18H21N3O3. The summed E-state index contributed by atoms with van der Waals surface area (Å²) in [5.74, 6) is 0.969. The minimum absolute atomic E-state index is 0.0287. The predicted molar refractivity (Wildman–Crippen MR) is 90.0 cm³/mol. The topological polar surface area (TPSA) is 64.4 Å². The van der Waals surface area contributed by atoms with E-state index in [9.17, 15) is 9.59 Å². The maximum absolute atomic E-state index is 12.1. The van der Waals surface area contributed by atoms with Crippen molar-refractivity contribution in [1.29, 1.82) is 0 Å². The Bertz CT molecular complexity index is 794. The van der Waals surface area contributed by atoms with Gasteiger partial charge in [-0.1, -0.05) is 18.2 Å². The average Bonchev–Trinajstić information content (AvgIpc) is 2.52. The molecule has 1 aromatic heterocycles. The maximum Gasteiger partial charge on any atom is 0.266 e. The Morgan fingerprint density at radius 3 is 2.71 bits per heavy atom. The highest BCUT2D eigenvalue weighted by atomic mass is 16.5. The second-order valence-electron chi connectivity index (χ2n) is 6.21. The van der Waals surface area contributed by atoms with Crippen LogP contribution in [0.5, 0.6) is 5.75 Å². The highest BCUT2D eigenvalue weighted by molar-refractivity contribution is 5.78. The second-order valence-corrected chi connectivity index (χ2v) is 6.21. The van der Waals surface area contributed by atoms with Gasteiger partial charge in [0.1, 0.15) is 5.75 Å². The molecule has 1 aliphatic heterocycles. The molecule has 1 fully saturated rings. The van der Waals surface area contributed by atoms with Gasteiger partial charge in [0.05, 0.1) is 12.2 Å². The van der Waals surface area contributed by atoms with Gasteiger partial charge < -0.3 is 9.64 Å². The van der Waals surface area contributed by atoms with Crippen LogP contribution in [-0.4, -0.2) is 40.3 Å². The molecule has 0 bridgehead atoms. The summed E-state index contributed by atoms with van der Waals surface area (Å²) in [4.78, 5) is 25.7. The molecule has 0 radical (unpaired) electrons. The lowest BCUT2D eigenvalue weighted by Gasteiger charge is -2.39. The molecule has 0 N–H and O–H groups in total. The number of rotatable bonds is 5. The number of para-hydroxylation sites is 1. The number of aryl methyl sites for hydroxylation is 2. The molecule has 2 heterocycles. The largest absolute Gasteiger partial charge is 0.484 e. The highest BCUT2D eigenvalue weighted by Gasteiger charge is 2.31. The predicted octanol–water partition coefficient (Wildman–Crippen LogP) is 1.40. The van der Waals surface area contributed by atoms with Gasteiger partial charge in [-0.05, 0) is 31.5 Å². The summed E-state index contributed by atoms with van der Waals surface area (Å²) >= 11 is 0. The van der Waals surface area contributed by atoms with Crippen molar-refractivity contribution in [1.82, 2.24) is 14.7 Å². The van der Waals surface area contributed by atoms with E-state index in [0.29, 0.717) is 19.6 Å². The zero-order chi connectivity index (χ0) is 17.1. The van der Waals surface area contributed by atoms with Crippen LogP contribution >= 0.6 is 0 Å². The van der Waals surface area contributed by atoms with Gasteiger partial charge in [0.15, 0.2) is 6.61 Å². The van der Waals surface area contributed by atoms with Crippen molar-refractivity contribution < 1.29 is 9.53 Å². The van der Waals surface area contributed by atoms with E-state index >= 15 is 0 Å². The van der Waals surface area contributed by atoms with Crippen LogP contribution in [0.1, 0.15) is 11.3 Å². The molecule has 3 rings (SSSR count). The standard InChI is InChI=1S/C18H21N3O3/c1-13-5-3-4-6-16(13)24-12-18(23)20-9-15(10-20)11-21-17(22)8-7-14(2)19-21/h3-8,15H,9-12H2,1-2H3. The fraction of sp³-hybridized carbons (Fsp3) is 0.389. The van der Waals surface area contributed by atoms with E-state index in [0.717, 1.165) is 17.0 Å². The second kappa shape index (κ2) is 6.86. The Hall–Kier alpha value is -2.63. The molecule has 0 unspecified atom stereocenters. The van der Waals surface area contributed by atoms with Gasteiger partial charge in [0, 0.05) is 25.1 Å². The van der Waals surface area contributed by atoms with Crippen LogP contribution in [0.25, 0.3) is 0 Å². The Balaban J connectivity index is 1.48. The molecule has 0 saturated carbocycles. The number of hydrogen-bond donors (Lipinski definition) is 0. The number of benzene rings is 1. The molecule has 1 amide bonds. The molecule has 24 heavy (non-hydrogen) atoms. The lowest BCUT2D eigenvalue weighted by Crippen LogP contribution is -2.53. The first-order chi connectivity index (χ1) is 11.5. The lowest BCUT2D eigenvalue weighted by molar-refractivity contribution is -0.140. The van der Waals surface area contributed by atoms with E-state index in [4.69, 9.17) is 4.74 Å². The Morgan fingerprint density at radius 2 is 1.96 bits per heavy atom. The summed E-state index contributed by atoms with van der Waals surface area (Å²) < 4.78 is 7.06. The molecule has 6 heteroatoms. The van der Waals surface area contributed by atoms with Crippen molar-refractivity contribution in [3.8, 4) is 5.75 Å². The van der Waals surface area contributed by atoms with Crippen molar-refractivity contribution >= 4 is 5.91 Å². The van der Waals surface area contributed by atoms with E-state index < -0.39 is 0 Å². The molecule has 1 aromatic carbocycles. The molecule has 1 aliphatic rings. The number of aromatic nitrogens is 2. The zero-order valence-electron chi connectivity index (χ0n) is 13.9. The monoisotopic (exact) mass is 327 g/mol. The van der Waals surface area contributed by atoms with Crippen LogP contribution in [-0.2, 0) is 11.3 Å². The van der Waals surface area contributed by atoms with Crippen LogP contribution in [0.2, 0.25) is 0 Å². The number of ether oxygens (including phenoxy) is 1. The minimum atomic E-state index is -0.103. The van der Waals surface area contributed by atoms with Crippen molar-refractivity contribution in [3.05, 3.63) is 58.0 Å². The number of hydrogen-bond acceptors (Lipinski definition) is 4. The van der Waals surface area contributed by atoms with Crippen LogP contribution in [0, 0.1) is 19.8 Å². The minimum Gasteiger partial charge on any atom is -0.484 e. The van der Waals surface area contributed by atoms with Gasteiger partial charge in [-0.3, -0.25) is 9.59 Å². The smallest absolute Gasteiger partial charge is 0.266 e. The third kappa shape index (κ3) is 3.64. The maximum atomic E-state index is 12.1. The van der Waals surface area contributed by atoms with Gasteiger partial charge in [0.25, 0.3) is 11.5 Å². The summed E-state index contributed by atoms with van der Waals surface area (Å²) in [6, 6.07) is 10.9. The number of amides is 1. The van der Waals surface area contributed by atoms with Gasteiger partial charge in [-0.2, -0.15) is 5.10 Å². The van der Waals surface area contributed by atoms with E-state index in [-0.39, 0.29) is 24.0 Å². The molecule has 2 aromatic rings. The fourth-order valence-corrected chi connectivity index (χ4v) is 2.76. The first-order valence-corrected chi connectivity index (χ1v) is 8.04. The Labute approximate surface area is 140 Å². The van der Waals surface area contributed by atoms with Crippen LogP contribution in [0.15, 0.2) is 41.2 Å². The van der Waals surface area contributed by atoms with Crippen LogP contribution < -0.4 is 10.3 Å². The van der Waals surface area contributed by atoms with Crippen molar-refractivity contribution in [2.24, 2.45) is 5.92 Å². The van der Waals surface area contributed by atoms with Crippen LogP contribution in [0.4, 0.5) is 0 Å². The summed E-state index contributed by atoms with van der Waals surface area (Å²) in [7, 11) is 0. The van der Waals surface area contributed by atoms with E-state index in [2.05, 4.69) is 5.10 Å². The lowest BCUT2D eigenvalue weighted by atomic mass is 10.0. The highest BCUT2D eigenvalue weighted by Crippen LogP contribution is 2.19. The zero-order valence-corrected chi connectivity index (χ0v) is 13.9. The van der Waals surface area contributed by atoms with E-state index in [1.165, 1.54) is 10.7 Å². The van der Waals surface area contributed by atoms with Crippen LogP contribution in [0.3, 0.4) is 0 Å². The SMILES string of the molecule is Cc1ccc(=O)n(CC2CN(C(=O)COc3ccccc3C)C2)n1. The van der Waals surface area contributed by atoms with Gasteiger partial charge in [0.2, 0.25) is 0 Å². The molecular weight excluding hydrogens is 306 g/mol. The Kier molecular flexibility index (Phi) is 4.64. The van der Waals surface area contributed by atoms with Crippen molar-refractivity contribution in [2.75, 3.05) is 19.7 Å². The number of carbonyl (C=O) groups is 1. The normalized spacial score (nSPS) is 14.3. The molecule has 0 spiro atoms. The van der Waals surface area contributed by atoms with Crippen molar-refractivity contribution in [3.63, 3.8) is 0 Å². The fourth-order valence-electron chi connectivity index (χ4n) is 2.76. The number of carbonyl (C=O) groups excluding carboxylic acids is 1. The van der Waals surface area contributed by atoms with Crippen molar-refractivity contribution in [2.45, 2.75) is 20.4 Å². The average molecular weight is 327 g/mol. The molecule has 0 aliphatic carbocycles. The van der Waals surface area contributed by atoms with E-state index in [1.807, 2.05) is 38.1 Å². The Morgan fingerprint density at radius 1 is 1.21 bits per heavy atom. The first-order valence-electron chi connectivity index (χ1n) is 8.04. The summed E-state index contributed by atoms with van der Waals surface area (Å²) in [6.07, 6.45) is 0. The summed E-state index contributed by atoms with van der Waals surface area (Å²) in [6.45, 7) is 5.67. The first kappa shape index (κ1) is 16.2. The third-order valence-corrected chi connectivity index (χ3v) is 4.19. The van der Waals surface area contributed by atoms with Gasteiger partial charge >= 0.3 is 0 Å². The molecule has 1 saturated heterocycles. The van der Waals surface area contributed by atoms with E-state index in [1.54, 1.807) is 11.0 Å². The molecule has 6 nitrogen and oxygen atoms in total. The molecule has 0 atom stereocenters.